The Balaban J connectivity index is 1.54. The molecule has 2 fully saturated rings. The molecule has 2 aliphatic heterocycles. The van der Waals surface area contributed by atoms with Crippen molar-refractivity contribution in [1.29, 1.82) is 5.26 Å². The summed E-state index contributed by atoms with van der Waals surface area (Å²) in [6, 6.07) is 5.83. The monoisotopic (exact) mass is 379 g/mol. The Morgan fingerprint density at radius 2 is 1.82 bits per heavy atom. The van der Waals surface area contributed by atoms with E-state index in [4.69, 9.17) is 0 Å². The molecular weight excluding hydrogens is 354 g/mol. The standard InChI is InChI=1S/C21H25N5O2/c1-24-18-5-3-2-4-16(18)19(17(14-22)21(24)28)25-10-12-26(13-11-25)20(27)15-6-8-23-9-7-15/h6-9,16,18H,2-5,10-13H2,1H3. The molecule has 1 aromatic heterocycles. The molecule has 3 aliphatic rings. The number of carbonyl (C=O) groups is 2. The molecule has 1 saturated heterocycles. The lowest BCUT2D eigenvalue weighted by Gasteiger charge is -2.48. The topological polar surface area (TPSA) is 80.5 Å². The van der Waals surface area contributed by atoms with Crippen molar-refractivity contribution in [3.05, 3.63) is 41.4 Å². The predicted octanol–water partition coefficient (Wildman–Crippen LogP) is 1.65. The van der Waals surface area contributed by atoms with Crippen molar-refractivity contribution in [3.63, 3.8) is 0 Å². The number of hydrogen-bond acceptors (Lipinski definition) is 5. The number of likely N-dealkylation sites (N-methyl/N-ethyl adjacent to an activating group) is 1. The van der Waals surface area contributed by atoms with Crippen LogP contribution in [-0.2, 0) is 4.79 Å². The first-order chi connectivity index (χ1) is 13.6. The van der Waals surface area contributed by atoms with Gasteiger partial charge in [-0.15, -0.1) is 0 Å². The van der Waals surface area contributed by atoms with Crippen LogP contribution in [-0.4, -0.2) is 70.8 Å². The van der Waals surface area contributed by atoms with Crippen LogP contribution in [0, 0.1) is 17.2 Å². The van der Waals surface area contributed by atoms with Crippen molar-refractivity contribution in [2.75, 3.05) is 33.2 Å². The molecule has 2 atom stereocenters. The third-order valence-corrected chi connectivity index (χ3v) is 6.32. The van der Waals surface area contributed by atoms with Gasteiger partial charge >= 0.3 is 0 Å². The van der Waals surface area contributed by atoms with Crippen LogP contribution in [0.5, 0.6) is 0 Å². The van der Waals surface area contributed by atoms with Crippen LogP contribution in [0.4, 0.5) is 0 Å². The fraction of sp³-hybridized carbons (Fsp3) is 0.524. The second kappa shape index (κ2) is 7.63. The fourth-order valence-corrected chi connectivity index (χ4v) is 4.84. The highest BCUT2D eigenvalue weighted by Crippen LogP contribution is 2.40. The highest BCUT2D eigenvalue weighted by atomic mass is 16.2. The zero-order chi connectivity index (χ0) is 19.7. The Labute approximate surface area is 165 Å². The summed E-state index contributed by atoms with van der Waals surface area (Å²) in [5, 5.41) is 9.71. The quantitative estimate of drug-likeness (QED) is 0.780. The van der Waals surface area contributed by atoms with Crippen molar-refractivity contribution >= 4 is 11.8 Å². The molecule has 7 heteroatoms. The number of rotatable bonds is 2. The average Bonchev–Trinajstić information content (AvgIpc) is 2.76. The van der Waals surface area contributed by atoms with Crippen molar-refractivity contribution in [3.8, 4) is 6.07 Å². The number of piperazine rings is 1. The summed E-state index contributed by atoms with van der Waals surface area (Å²) in [5.74, 6) is 0.0797. The highest BCUT2D eigenvalue weighted by Gasteiger charge is 2.43. The maximum absolute atomic E-state index is 12.8. The Morgan fingerprint density at radius 1 is 1.14 bits per heavy atom. The Kier molecular flexibility index (Phi) is 5.03. The molecular formula is C21H25N5O2. The molecule has 146 valence electrons. The van der Waals surface area contributed by atoms with Gasteiger partial charge in [0.15, 0.2) is 0 Å². The number of nitriles is 1. The molecule has 1 aromatic rings. The van der Waals surface area contributed by atoms with E-state index in [0.29, 0.717) is 37.3 Å². The number of hydrogen-bond donors (Lipinski definition) is 0. The third-order valence-electron chi connectivity index (χ3n) is 6.32. The van der Waals surface area contributed by atoms with Crippen LogP contribution < -0.4 is 0 Å². The fourth-order valence-electron chi connectivity index (χ4n) is 4.84. The van der Waals surface area contributed by atoms with Gasteiger partial charge in [0.2, 0.25) is 0 Å². The van der Waals surface area contributed by atoms with Crippen LogP contribution >= 0.6 is 0 Å². The molecule has 1 aliphatic carbocycles. The van der Waals surface area contributed by atoms with Gasteiger partial charge in [0.25, 0.3) is 11.8 Å². The minimum atomic E-state index is -0.157. The van der Waals surface area contributed by atoms with Crippen LogP contribution in [0.25, 0.3) is 0 Å². The zero-order valence-corrected chi connectivity index (χ0v) is 16.2. The van der Waals surface area contributed by atoms with Gasteiger partial charge in [-0.25, -0.2) is 0 Å². The summed E-state index contributed by atoms with van der Waals surface area (Å²) in [5.41, 5.74) is 1.85. The van der Waals surface area contributed by atoms with Gasteiger partial charge < -0.3 is 14.7 Å². The van der Waals surface area contributed by atoms with Crippen molar-refractivity contribution < 1.29 is 9.59 Å². The van der Waals surface area contributed by atoms with Gasteiger partial charge in [0, 0.05) is 68.8 Å². The minimum absolute atomic E-state index is 0.00605. The average molecular weight is 379 g/mol. The lowest BCUT2D eigenvalue weighted by atomic mass is 9.77. The van der Waals surface area contributed by atoms with Crippen molar-refractivity contribution in [2.45, 2.75) is 31.7 Å². The lowest BCUT2D eigenvalue weighted by Crippen LogP contribution is -2.55. The molecule has 0 N–H and O–H groups in total. The number of carbonyl (C=O) groups excluding carboxylic acids is 2. The molecule has 28 heavy (non-hydrogen) atoms. The molecule has 0 radical (unpaired) electrons. The number of fused-ring (bicyclic) bond motifs is 1. The van der Waals surface area contributed by atoms with Crippen molar-refractivity contribution in [1.82, 2.24) is 19.7 Å². The molecule has 0 aromatic carbocycles. The number of amides is 2. The number of aromatic nitrogens is 1. The summed E-state index contributed by atoms with van der Waals surface area (Å²) < 4.78 is 0. The largest absolute Gasteiger partial charge is 0.370 e. The van der Waals surface area contributed by atoms with Crippen LogP contribution in [0.15, 0.2) is 35.8 Å². The first-order valence-electron chi connectivity index (χ1n) is 9.97. The second-order valence-electron chi connectivity index (χ2n) is 7.76. The van der Waals surface area contributed by atoms with E-state index in [1.807, 2.05) is 11.9 Å². The van der Waals surface area contributed by atoms with Gasteiger partial charge in [0.05, 0.1) is 0 Å². The van der Waals surface area contributed by atoms with E-state index < -0.39 is 0 Å². The van der Waals surface area contributed by atoms with Crippen LogP contribution in [0.1, 0.15) is 36.0 Å². The van der Waals surface area contributed by atoms with Crippen LogP contribution in [0.3, 0.4) is 0 Å². The Hall–Kier alpha value is -2.88. The summed E-state index contributed by atoms with van der Waals surface area (Å²) >= 11 is 0. The normalized spacial score (nSPS) is 25.4. The first kappa shape index (κ1) is 18.5. The van der Waals surface area contributed by atoms with E-state index in [9.17, 15) is 14.9 Å². The maximum atomic E-state index is 12.8. The lowest BCUT2D eigenvalue weighted by molar-refractivity contribution is -0.130. The van der Waals surface area contributed by atoms with Crippen LogP contribution in [0.2, 0.25) is 0 Å². The van der Waals surface area contributed by atoms with E-state index in [2.05, 4.69) is 16.0 Å². The third kappa shape index (κ3) is 3.13. The van der Waals surface area contributed by atoms with E-state index in [1.165, 1.54) is 0 Å². The molecule has 4 rings (SSSR count). The van der Waals surface area contributed by atoms with Crippen molar-refractivity contribution in [2.24, 2.45) is 5.92 Å². The number of pyridine rings is 1. The SMILES string of the molecule is CN1C(=O)C(C#N)=C(N2CCN(C(=O)c3ccncc3)CC2)C2CCCCC21. The van der Waals surface area contributed by atoms with E-state index >= 15 is 0 Å². The molecule has 0 spiro atoms. The molecule has 2 amide bonds. The van der Waals surface area contributed by atoms with Gasteiger partial charge in [-0.2, -0.15) is 5.26 Å². The molecule has 7 nitrogen and oxygen atoms in total. The highest BCUT2D eigenvalue weighted by molar-refractivity contribution is 5.99. The first-order valence-corrected chi connectivity index (χ1v) is 9.97. The zero-order valence-electron chi connectivity index (χ0n) is 16.2. The van der Waals surface area contributed by atoms with E-state index in [0.717, 1.165) is 31.4 Å². The van der Waals surface area contributed by atoms with Gasteiger partial charge in [-0.1, -0.05) is 12.8 Å². The van der Waals surface area contributed by atoms with Gasteiger partial charge in [0.1, 0.15) is 11.6 Å². The van der Waals surface area contributed by atoms with E-state index in [1.54, 1.807) is 29.4 Å². The molecule has 1 saturated carbocycles. The van der Waals surface area contributed by atoms with Gasteiger partial charge in [-0.05, 0) is 25.0 Å². The maximum Gasteiger partial charge on any atom is 0.266 e. The second-order valence-corrected chi connectivity index (χ2v) is 7.76. The van der Waals surface area contributed by atoms with E-state index in [-0.39, 0.29) is 23.8 Å². The predicted molar refractivity (Wildman–Crippen MR) is 103 cm³/mol. The minimum Gasteiger partial charge on any atom is -0.370 e. The summed E-state index contributed by atoms with van der Waals surface area (Å²) in [6.07, 6.45) is 7.52. The molecule has 2 unspecified atom stereocenters. The molecule has 0 bridgehead atoms. The molecule has 3 heterocycles. The summed E-state index contributed by atoms with van der Waals surface area (Å²) in [7, 11) is 1.82. The Bertz CT molecular complexity index is 836. The van der Waals surface area contributed by atoms with Gasteiger partial charge in [-0.3, -0.25) is 14.6 Å². The summed E-state index contributed by atoms with van der Waals surface area (Å²) in [4.78, 5) is 35.2. The smallest absolute Gasteiger partial charge is 0.266 e. The Morgan fingerprint density at radius 3 is 2.50 bits per heavy atom. The summed E-state index contributed by atoms with van der Waals surface area (Å²) in [6.45, 7) is 2.48. The number of nitrogens with zero attached hydrogens (tertiary/aromatic N) is 5.